The fourth-order valence-electron chi connectivity index (χ4n) is 2.14. The lowest BCUT2D eigenvalue weighted by molar-refractivity contribution is 0.101. The van der Waals surface area contributed by atoms with E-state index in [1.807, 2.05) is 13.0 Å². The van der Waals surface area contributed by atoms with Crippen LogP contribution in [0.15, 0.2) is 12.1 Å². The van der Waals surface area contributed by atoms with Crippen LogP contribution in [0.5, 0.6) is 5.75 Å². The van der Waals surface area contributed by atoms with E-state index in [2.05, 4.69) is 19.9 Å². The lowest BCUT2D eigenvalue weighted by Gasteiger charge is -2.22. The molecule has 2 heteroatoms. The molecule has 1 N–H and O–H groups in total. The molecule has 0 bridgehead atoms. The zero-order valence-electron chi connectivity index (χ0n) is 10.5. The maximum atomic E-state index is 10.4. The molecule has 1 aromatic rings. The molecule has 1 fully saturated rings. The van der Waals surface area contributed by atoms with E-state index in [4.69, 9.17) is 4.74 Å². The van der Waals surface area contributed by atoms with Crippen LogP contribution < -0.4 is 4.74 Å². The summed E-state index contributed by atoms with van der Waals surface area (Å²) in [7, 11) is 1.67. The maximum absolute atomic E-state index is 10.4. The quantitative estimate of drug-likeness (QED) is 0.848. The second kappa shape index (κ2) is 3.77. The predicted molar refractivity (Wildman–Crippen MR) is 64.8 cm³/mol. The molecule has 0 spiro atoms. The van der Waals surface area contributed by atoms with Gasteiger partial charge < -0.3 is 9.84 Å². The fourth-order valence-corrected chi connectivity index (χ4v) is 2.14. The average molecular weight is 220 g/mol. The Balaban J connectivity index is 2.44. The number of hydrogen-bond donors (Lipinski definition) is 1. The number of benzene rings is 1. The van der Waals surface area contributed by atoms with Crippen LogP contribution in [0.3, 0.4) is 0 Å². The van der Waals surface area contributed by atoms with Crippen molar-refractivity contribution >= 4 is 0 Å². The molecule has 0 aliphatic heterocycles. The zero-order valence-corrected chi connectivity index (χ0v) is 10.5. The van der Waals surface area contributed by atoms with Crippen molar-refractivity contribution in [3.05, 3.63) is 28.8 Å². The van der Waals surface area contributed by atoms with Crippen LogP contribution in [0, 0.1) is 19.3 Å². The second-order valence-electron chi connectivity index (χ2n) is 5.19. The molecule has 0 aromatic heterocycles. The second-order valence-corrected chi connectivity index (χ2v) is 5.19. The molecule has 1 aromatic carbocycles. The SMILES string of the molecule is COc1c(C(O)C2(C)CC2)ccc(C)c1C. The van der Waals surface area contributed by atoms with Gasteiger partial charge in [0.05, 0.1) is 13.2 Å². The van der Waals surface area contributed by atoms with Crippen LogP contribution in [0.4, 0.5) is 0 Å². The molecule has 1 saturated carbocycles. The molecule has 0 saturated heterocycles. The van der Waals surface area contributed by atoms with Gasteiger partial charge in [0.15, 0.2) is 0 Å². The van der Waals surface area contributed by atoms with Gasteiger partial charge in [0.1, 0.15) is 5.75 Å². The Hall–Kier alpha value is -1.02. The van der Waals surface area contributed by atoms with E-state index in [-0.39, 0.29) is 5.41 Å². The van der Waals surface area contributed by atoms with E-state index >= 15 is 0 Å². The van der Waals surface area contributed by atoms with Crippen molar-refractivity contribution in [2.45, 2.75) is 39.7 Å². The van der Waals surface area contributed by atoms with Gasteiger partial charge in [-0.1, -0.05) is 19.1 Å². The summed E-state index contributed by atoms with van der Waals surface area (Å²) in [5, 5.41) is 10.4. The molecular formula is C14H20O2. The first-order chi connectivity index (χ1) is 7.49. The van der Waals surface area contributed by atoms with Gasteiger partial charge in [0.2, 0.25) is 0 Å². The first kappa shape index (κ1) is 11.5. The molecule has 0 heterocycles. The number of aliphatic hydroxyl groups excluding tert-OH is 1. The number of ether oxygens (including phenoxy) is 1. The maximum Gasteiger partial charge on any atom is 0.127 e. The van der Waals surface area contributed by atoms with Crippen molar-refractivity contribution < 1.29 is 9.84 Å². The van der Waals surface area contributed by atoms with E-state index < -0.39 is 6.10 Å². The van der Waals surface area contributed by atoms with E-state index in [1.54, 1.807) is 7.11 Å². The number of methoxy groups -OCH3 is 1. The summed E-state index contributed by atoms with van der Waals surface area (Å²) in [6.07, 6.45) is 1.80. The lowest BCUT2D eigenvalue weighted by atomic mass is 9.91. The number of aliphatic hydroxyl groups is 1. The van der Waals surface area contributed by atoms with Crippen LogP contribution in [0.1, 0.15) is 42.6 Å². The Kier molecular flexibility index (Phi) is 2.70. The molecule has 1 atom stereocenters. The summed E-state index contributed by atoms with van der Waals surface area (Å²) in [6.45, 7) is 6.23. The zero-order chi connectivity index (χ0) is 11.9. The smallest absolute Gasteiger partial charge is 0.127 e. The Bertz CT molecular complexity index is 405. The number of hydrogen-bond acceptors (Lipinski definition) is 2. The highest BCUT2D eigenvalue weighted by Gasteiger charge is 2.45. The summed E-state index contributed by atoms with van der Waals surface area (Å²) < 4.78 is 5.44. The summed E-state index contributed by atoms with van der Waals surface area (Å²) in [5.41, 5.74) is 3.33. The minimum atomic E-state index is -0.401. The standard InChI is InChI=1S/C14H20O2/c1-9-5-6-11(12(16-4)10(9)2)13(15)14(3)7-8-14/h5-6,13,15H,7-8H2,1-4H3. The van der Waals surface area contributed by atoms with E-state index in [0.29, 0.717) is 0 Å². The topological polar surface area (TPSA) is 29.5 Å². The van der Waals surface area contributed by atoms with Crippen molar-refractivity contribution in [3.8, 4) is 5.75 Å². The summed E-state index contributed by atoms with van der Waals surface area (Å²) in [4.78, 5) is 0. The first-order valence-corrected chi connectivity index (χ1v) is 5.82. The van der Waals surface area contributed by atoms with Gasteiger partial charge in [0.25, 0.3) is 0 Å². The third-order valence-electron chi connectivity index (χ3n) is 3.90. The molecule has 2 rings (SSSR count). The van der Waals surface area contributed by atoms with E-state index in [0.717, 1.165) is 29.7 Å². The number of rotatable bonds is 3. The van der Waals surface area contributed by atoms with E-state index in [9.17, 15) is 5.11 Å². The van der Waals surface area contributed by atoms with Crippen molar-refractivity contribution in [1.29, 1.82) is 0 Å². The summed E-state index contributed by atoms with van der Waals surface area (Å²) >= 11 is 0. The minimum absolute atomic E-state index is 0.0645. The highest BCUT2D eigenvalue weighted by atomic mass is 16.5. The van der Waals surface area contributed by atoms with E-state index in [1.165, 1.54) is 5.56 Å². The van der Waals surface area contributed by atoms with Gasteiger partial charge in [-0.05, 0) is 43.2 Å². The summed E-state index contributed by atoms with van der Waals surface area (Å²) in [6, 6.07) is 4.05. The van der Waals surface area contributed by atoms with Crippen LogP contribution >= 0.6 is 0 Å². The van der Waals surface area contributed by atoms with Gasteiger partial charge in [-0.2, -0.15) is 0 Å². The molecule has 1 aliphatic carbocycles. The Morgan fingerprint density at radius 1 is 1.31 bits per heavy atom. The molecule has 88 valence electrons. The third kappa shape index (κ3) is 1.71. The highest BCUT2D eigenvalue weighted by Crippen LogP contribution is 2.55. The Labute approximate surface area is 97.3 Å². The normalized spacial score (nSPS) is 19.3. The van der Waals surface area contributed by atoms with Gasteiger partial charge in [-0.3, -0.25) is 0 Å². The minimum Gasteiger partial charge on any atom is -0.496 e. The molecule has 1 unspecified atom stereocenters. The van der Waals surface area contributed by atoms with Gasteiger partial charge in [-0.15, -0.1) is 0 Å². The third-order valence-corrected chi connectivity index (χ3v) is 3.90. The molecule has 1 aliphatic rings. The lowest BCUT2D eigenvalue weighted by Crippen LogP contribution is -2.12. The van der Waals surface area contributed by atoms with Crippen LogP contribution in [-0.4, -0.2) is 12.2 Å². The van der Waals surface area contributed by atoms with Crippen molar-refractivity contribution in [1.82, 2.24) is 0 Å². The molecule has 0 amide bonds. The molecule has 16 heavy (non-hydrogen) atoms. The monoisotopic (exact) mass is 220 g/mol. The largest absolute Gasteiger partial charge is 0.496 e. The number of aryl methyl sites for hydroxylation is 1. The van der Waals surface area contributed by atoms with Gasteiger partial charge in [-0.25, -0.2) is 0 Å². The van der Waals surface area contributed by atoms with Crippen molar-refractivity contribution in [2.75, 3.05) is 7.11 Å². The average Bonchev–Trinajstić information content (AvgIpc) is 3.00. The Morgan fingerprint density at radius 2 is 1.94 bits per heavy atom. The highest BCUT2D eigenvalue weighted by molar-refractivity contribution is 5.47. The Morgan fingerprint density at radius 3 is 2.44 bits per heavy atom. The van der Waals surface area contributed by atoms with Gasteiger partial charge >= 0.3 is 0 Å². The van der Waals surface area contributed by atoms with Crippen molar-refractivity contribution in [3.63, 3.8) is 0 Å². The summed E-state index contributed by atoms with van der Waals surface area (Å²) in [5.74, 6) is 0.848. The van der Waals surface area contributed by atoms with Crippen LogP contribution in [0.2, 0.25) is 0 Å². The van der Waals surface area contributed by atoms with Gasteiger partial charge in [0, 0.05) is 5.56 Å². The first-order valence-electron chi connectivity index (χ1n) is 5.82. The van der Waals surface area contributed by atoms with Crippen LogP contribution in [-0.2, 0) is 0 Å². The van der Waals surface area contributed by atoms with Crippen molar-refractivity contribution in [2.24, 2.45) is 5.41 Å². The fraction of sp³-hybridized carbons (Fsp3) is 0.571. The molecule has 0 radical (unpaired) electrons. The molecular weight excluding hydrogens is 200 g/mol. The predicted octanol–water partition coefficient (Wildman–Crippen LogP) is 3.15. The molecule has 2 nitrogen and oxygen atoms in total. The van der Waals surface area contributed by atoms with Crippen LogP contribution in [0.25, 0.3) is 0 Å².